The Hall–Kier alpha value is -3.40. The first kappa shape index (κ1) is 17.7. The van der Waals surface area contributed by atoms with E-state index in [1.165, 1.54) is 10.8 Å². The van der Waals surface area contributed by atoms with Crippen molar-refractivity contribution in [2.45, 2.75) is 0 Å². The fourth-order valence-electron chi connectivity index (χ4n) is 4.14. The zero-order valence-electron chi connectivity index (χ0n) is 15.8. The first-order valence-corrected chi connectivity index (χ1v) is 9.69. The average Bonchev–Trinajstić information content (AvgIpc) is 2.77. The number of hydrogen-bond acceptors (Lipinski definition) is 2. The molecule has 0 unspecified atom stereocenters. The molecule has 0 atom stereocenters. The van der Waals surface area contributed by atoms with Crippen LogP contribution in [0.3, 0.4) is 0 Å². The minimum Gasteiger partial charge on any atom is -0.423 e. The summed E-state index contributed by atoms with van der Waals surface area (Å²) in [6.45, 7) is 0. The Kier molecular flexibility index (Phi) is 4.40. The molecule has 0 heterocycles. The molecule has 0 amide bonds. The van der Waals surface area contributed by atoms with Crippen molar-refractivity contribution in [3.63, 3.8) is 0 Å². The quantitative estimate of drug-likeness (QED) is 0.344. The van der Waals surface area contributed by atoms with Gasteiger partial charge in [-0.05, 0) is 61.4 Å². The summed E-state index contributed by atoms with van der Waals surface area (Å²) in [6, 6.07) is 34.7. The molecular weight excluding hydrogens is 355 g/mol. The molecule has 0 aromatic heterocycles. The third-order valence-corrected chi connectivity index (χ3v) is 5.47. The standard InChI is InChI=1S/C26H19BO2/c28-27(29)25-15-7-14-23(26(25)18-8-2-1-3-9-18)22-13-6-12-21-16-19-10-4-5-11-20(19)17-24(21)22/h1-17,28-29H. The maximum atomic E-state index is 10.0. The van der Waals surface area contributed by atoms with E-state index < -0.39 is 7.12 Å². The summed E-state index contributed by atoms with van der Waals surface area (Å²) >= 11 is 0. The maximum absolute atomic E-state index is 10.0. The second kappa shape index (κ2) is 7.21. The Morgan fingerprint density at radius 1 is 0.517 bits per heavy atom. The summed E-state index contributed by atoms with van der Waals surface area (Å²) in [5.41, 5.74) is 4.39. The van der Waals surface area contributed by atoms with Crippen LogP contribution in [-0.2, 0) is 0 Å². The van der Waals surface area contributed by atoms with Gasteiger partial charge in [-0.2, -0.15) is 0 Å². The Morgan fingerprint density at radius 2 is 1.14 bits per heavy atom. The predicted octanol–water partition coefficient (Wildman–Crippen LogP) is 5.01. The van der Waals surface area contributed by atoms with E-state index in [0.29, 0.717) is 5.46 Å². The third-order valence-electron chi connectivity index (χ3n) is 5.47. The van der Waals surface area contributed by atoms with Crippen LogP contribution < -0.4 is 5.46 Å². The van der Waals surface area contributed by atoms with Crippen molar-refractivity contribution in [1.82, 2.24) is 0 Å². The van der Waals surface area contributed by atoms with E-state index in [2.05, 4.69) is 60.7 Å². The van der Waals surface area contributed by atoms with Crippen LogP contribution in [0.4, 0.5) is 0 Å². The van der Waals surface area contributed by atoms with E-state index in [1.54, 1.807) is 6.07 Å². The lowest BCUT2D eigenvalue weighted by Gasteiger charge is -2.17. The van der Waals surface area contributed by atoms with Gasteiger partial charge in [0.15, 0.2) is 0 Å². The van der Waals surface area contributed by atoms with Crippen LogP contribution >= 0.6 is 0 Å². The van der Waals surface area contributed by atoms with Crippen LogP contribution in [0.2, 0.25) is 0 Å². The third kappa shape index (κ3) is 3.11. The second-order valence-electron chi connectivity index (χ2n) is 7.24. The molecule has 29 heavy (non-hydrogen) atoms. The molecule has 0 spiro atoms. The second-order valence-corrected chi connectivity index (χ2v) is 7.24. The molecule has 5 rings (SSSR count). The van der Waals surface area contributed by atoms with Gasteiger partial charge in [-0.3, -0.25) is 0 Å². The van der Waals surface area contributed by atoms with E-state index in [-0.39, 0.29) is 0 Å². The molecule has 0 bridgehead atoms. The van der Waals surface area contributed by atoms with Crippen LogP contribution in [0.25, 0.3) is 43.8 Å². The summed E-state index contributed by atoms with van der Waals surface area (Å²) in [5, 5.41) is 24.8. The van der Waals surface area contributed by atoms with E-state index in [1.807, 2.05) is 36.4 Å². The first-order chi connectivity index (χ1) is 14.2. The number of fused-ring (bicyclic) bond motifs is 2. The Balaban J connectivity index is 1.86. The molecule has 5 aromatic rings. The van der Waals surface area contributed by atoms with Crippen molar-refractivity contribution in [1.29, 1.82) is 0 Å². The molecule has 0 aliphatic carbocycles. The lowest BCUT2D eigenvalue weighted by Crippen LogP contribution is -2.31. The highest BCUT2D eigenvalue weighted by Crippen LogP contribution is 2.36. The average molecular weight is 374 g/mol. The molecule has 2 nitrogen and oxygen atoms in total. The van der Waals surface area contributed by atoms with Gasteiger partial charge < -0.3 is 10.0 Å². The first-order valence-electron chi connectivity index (χ1n) is 9.69. The van der Waals surface area contributed by atoms with Crippen LogP contribution in [0.15, 0.2) is 103 Å². The molecule has 0 aliphatic rings. The topological polar surface area (TPSA) is 40.5 Å². The Bertz CT molecular complexity index is 1330. The van der Waals surface area contributed by atoms with Gasteiger partial charge in [0.1, 0.15) is 0 Å². The molecule has 5 aromatic carbocycles. The van der Waals surface area contributed by atoms with Crippen molar-refractivity contribution < 1.29 is 10.0 Å². The normalized spacial score (nSPS) is 11.1. The van der Waals surface area contributed by atoms with E-state index >= 15 is 0 Å². The molecule has 0 fully saturated rings. The van der Waals surface area contributed by atoms with Crippen molar-refractivity contribution in [3.8, 4) is 22.3 Å². The van der Waals surface area contributed by atoms with Crippen molar-refractivity contribution in [3.05, 3.63) is 103 Å². The van der Waals surface area contributed by atoms with E-state index in [4.69, 9.17) is 0 Å². The molecule has 3 heteroatoms. The number of hydrogen-bond donors (Lipinski definition) is 2. The molecular formula is C26H19BO2. The van der Waals surface area contributed by atoms with E-state index in [0.717, 1.165) is 33.0 Å². The fourth-order valence-corrected chi connectivity index (χ4v) is 4.14. The van der Waals surface area contributed by atoms with Gasteiger partial charge in [0.2, 0.25) is 0 Å². The van der Waals surface area contributed by atoms with Gasteiger partial charge >= 0.3 is 7.12 Å². The predicted molar refractivity (Wildman–Crippen MR) is 122 cm³/mol. The fraction of sp³-hybridized carbons (Fsp3) is 0. The summed E-state index contributed by atoms with van der Waals surface area (Å²) < 4.78 is 0. The minimum absolute atomic E-state index is 0.506. The highest BCUT2D eigenvalue weighted by atomic mass is 16.4. The zero-order chi connectivity index (χ0) is 19.8. The highest BCUT2D eigenvalue weighted by molar-refractivity contribution is 6.61. The van der Waals surface area contributed by atoms with Gasteiger partial charge in [0, 0.05) is 0 Å². The largest absolute Gasteiger partial charge is 0.489 e. The van der Waals surface area contributed by atoms with Gasteiger partial charge in [-0.15, -0.1) is 0 Å². The SMILES string of the molecule is OB(O)c1cccc(-c2cccc3cc4ccccc4cc23)c1-c1ccccc1. The molecule has 0 radical (unpaired) electrons. The number of benzene rings is 5. The molecule has 138 valence electrons. The van der Waals surface area contributed by atoms with Gasteiger partial charge in [-0.25, -0.2) is 0 Å². The Labute approximate surface area is 169 Å². The lowest BCUT2D eigenvalue weighted by atomic mass is 9.73. The minimum atomic E-state index is -1.54. The summed E-state index contributed by atoms with van der Waals surface area (Å²) in [7, 11) is -1.54. The van der Waals surface area contributed by atoms with Crippen LogP contribution in [0, 0.1) is 0 Å². The van der Waals surface area contributed by atoms with Gasteiger partial charge in [-0.1, -0.05) is 91.0 Å². The maximum Gasteiger partial charge on any atom is 0.489 e. The monoisotopic (exact) mass is 374 g/mol. The van der Waals surface area contributed by atoms with Crippen molar-refractivity contribution >= 4 is 34.1 Å². The molecule has 0 saturated carbocycles. The van der Waals surface area contributed by atoms with Crippen LogP contribution in [0.5, 0.6) is 0 Å². The Morgan fingerprint density at radius 3 is 1.90 bits per heavy atom. The van der Waals surface area contributed by atoms with Crippen LogP contribution in [0.1, 0.15) is 0 Å². The molecule has 0 aliphatic heterocycles. The summed E-state index contributed by atoms with van der Waals surface area (Å²) in [6.07, 6.45) is 0. The summed E-state index contributed by atoms with van der Waals surface area (Å²) in [5.74, 6) is 0. The highest BCUT2D eigenvalue weighted by Gasteiger charge is 2.21. The molecule has 0 saturated heterocycles. The molecule has 2 N–H and O–H groups in total. The van der Waals surface area contributed by atoms with E-state index in [9.17, 15) is 10.0 Å². The summed E-state index contributed by atoms with van der Waals surface area (Å²) in [4.78, 5) is 0. The zero-order valence-corrected chi connectivity index (χ0v) is 15.8. The van der Waals surface area contributed by atoms with Crippen LogP contribution in [-0.4, -0.2) is 17.2 Å². The van der Waals surface area contributed by atoms with Gasteiger partial charge in [0.05, 0.1) is 0 Å². The van der Waals surface area contributed by atoms with Crippen molar-refractivity contribution in [2.24, 2.45) is 0 Å². The van der Waals surface area contributed by atoms with Crippen molar-refractivity contribution in [2.75, 3.05) is 0 Å². The lowest BCUT2D eigenvalue weighted by molar-refractivity contribution is 0.426. The van der Waals surface area contributed by atoms with Gasteiger partial charge in [0.25, 0.3) is 0 Å². The smallest absolute Gasteiger partial charge is 0.423 e. The number of rotatable bonds is 3.